The Morgan fingerprint density at radius 1 is 1.19 bits per heavy atom. The van der Waals surface area contributed by atoms with Gasteiger partial charge in [-0.2, -0.15) is 0 Å². The minimum atomic E-state index is -0.475. The quantitative estimate of drug-likeness (QED) is 0.328. The number of anilines is 2. The van der Waals surface area contributed by atoms with Gasteiger partial charge in [-0.15, -0.1) is 0 Å². The van der Waals surface area contributed by atoms with Crippen LogP contribution in [-0.2, 0) is 4.74 Å². The molecule has 4 rings (SSSR count). The molecule has 1 aliphatic heterocycles. The number of hydrogen-bond donors (Lipinski definition) is 1. The van der Waals surface area contributed by atoms with E-state index >= 15 is 0 Å². The second-order valence-corrected chi connectivity index (χ2v) is 9.38. The number of rotatable bonds is 12. The number of benzene rings is 2. The first-order valence-electron chi connectivity index (χ1n) is 12.7. The van der Waals surface area contributed by atoms with Crippen molar-refractivity contribution in [3.8, 4) is 11.5 Å². The Labute approximate surface area is 222 Å². The molecule has 1 atom stereocenters. The molecule has 1 saturated heterocycles. The molecule has 8 nitrogen and oxygen atoms in total. The molecule has 200 valence electrons. The highest BCUT2D eigenvalue weighted by Gasteiger charge is 2.22. The van der Waals surface area contributed by atoms with Crippen LogP contribution in [0.25, 0.3) is 10.9 Å². The maximum absolute atomic E-state index is 13.6. The molecule has 3 aromatic rings. The van der Waals surface area contributed by atoms with E-state index < -0.39 is 5.82 Å². The molecule has 0 amide bonds. The van der Waals surface area contributed by atoms with Crippen molar-refractivity contribution in [2.24, 2.45) is 0 Å². The van der Waals surface area contributed by atoms with Crippen LogP contribution in [0.2, 0.25) is 5.02 Å². The summed E-state index contributed by atoms with van der Waals surface area (Å²) in [5, 5.41) is 3.99. The van der Waals surface area contributed by atoms with Crippen LogP contribution in [0.4, 0.5) is 15.9 Å². The van der Waals surface area contributed by atoms with Gasteiger partial charge in [-0.1, -0.05) is 25.4 Å². The van der Waals surface area contributed by atoms with Crippen molar-refractivity contribution >= 4 is 34.0 Å². The van der Waals surface area contributed by atoms with E-state index in [-0.39, 0.29) is 11.1 Å². The molecule has 1 aromatic heterocycles. The first-order valence-corrected chi connectivity index (χ1v) is 13.1. The van der Waals surface area contributed by atoms with Crippen LogP contribution < -0.4 is 14.8 Å². The molecule has 2 heterocycles. The Balaban J connectivity index is 1.39. The number of nitrogens with zero attached hydrogens (tertiary/aromatic N) is 4. The maximum Gasteiger partial charge on any atom is 0.162 e. The van der Waals surface area contributed by atoms with Gasteiger partial charge in [-0.3, -0.25) is 4.90 Å². The molecule has 0 spiro atoms. The van der Waals surface area contributed by atoms with Gasteiger partial charge in [0, 0.05) is 43.3 Å². The molecular formula is C27H35ClFN5O3. The second-order valence-electron chi connectivity index (χ2n) is 8.98. The smallest absolute Gasteiger partial charge is 0.162 e. The van der Waals surface area contributed by atoms with E-state index in [1.54, 1.807) is 13.2 Å². The molecule has 1 N–H and O–H groups in total. The molecular weight excluding hydrogens is 497 g/mol. The van der Waals surface area contributed by atoms with Gasteiger partial charge in [0.15, 0.2) is 11.5 Å². The summed E-state index contributed by atoms with van der Waals surface area (Å²) in [6.45, 7) is 11.5. The van der Waals surface area contributed by atoms with Crippen molar-refractivity contribution in [2.75, 3.05) is 64.9 Å². The lowest BCUT2D eigenvalue weighted by atomic mass is 10.2. The molecule has 10 heteroatoms. The summed E-state index contributed by atoms with van der Waals surface area (Å²) in [5.74, 6) is 1.31. The average molecular weight is 532 g/mol. The fraction of sp³-hybridized carbons (Fsp3) is 0.481. The first kappa shape index (κ1) is 27.3. The van der Waals surface area contributed by atoms with Crippen LogP contribution in [0.3, 0.4) is 0 Å². The zero-order chi connectivity index (χ0) is 26.2. The molecule has 0 bridgehead atoms. The van der Waals surface area contributed by atoms with E-state index in [2.05, 4.69) is 38.9 Å². The summed E-state index contributed by atoms with van der Waals surface area (Å²) in [5.41, 5.74) is 1.32. The van der Waals surface area contributed by atoms with Gasteiger partial charge in [-0.25, -0.2) is 14.4 Å². The van der Waals surface area contributed by atoms with Crippen LogP contribution in [0.1, 0.15) is 20.3 Å². The van der Waals surface area contributed by atoms with Crippen molar-refractivity contribution in [3.63, 3.8) is 0 Å². The molecule has 1 aliphatic rings. The molecule has 0 aliphatic carbocycles. The number of hydrogen-bond acceptors (Lipinski definition) is 8. The second kappa shape index (κ2) is 13.2. The molecule has 0 unspecified atom stereocenters. The Morgan fingerprint density at radius 3 is 2.78 bits per heavy atom. The first-order chi connectivity index (χ1) is 18.0. The van der Waals surface area contributed by atoms with Gasteiger partial charge in [0.25, 0.3) is 0 Å². The summed E-state index contributed by atoms with van der Waals surface area (Å²) >= 11 is 5.94. The van der Waals surface area contributed by atoms with Crippen LogP contribution in [-0.4, -0.2) is 85.5 Å². The van der Waals surface area contributed by atoms with Gasteiger partial charge < -0.3 is 24.4 Å². The van der Waals surface area contributed by atoms with E-state index in [1.165, 1.54) is 18.5 Å². The Hall–Kier alpha value is -2.72. The van der Waals surface area contributed by atoms with Crippen molar-refractivity contribution < 1.29 is 18.6 Å². The van der Waals surface area contributed by atoms with E-state index in [0.29, 0.717) is 35.1 Å². The van der Waals surface area contributed by atoms with E-state index in [1.807, 2.05) is 12.1 Å². The zero-order valence-corrected chi connectivity index (χ0v) is 22.4. The van der Waals surface area contributed by atoms with Gasteiger partial charge in [0.2, 0.25) is 0 Å². The molecule has 0 saturated carbocycles. The molecule has 37 heavy (non-hydrogen) atoms. The standard InChI is InChI=1S/C27H35ClFN5O3/c1-4-33(5-2)16-20-17-34(10-12-36-20)9-6-11-37-26-14-21-24(15-25(26)35-3)30-18-31-27(21)32-19-7-8-23(29)22(28)13-19/h7-8,13-15,18,20H,4-6,9-12,16-17H2,1-3H3,(H,30,31,32)/t20-/m1/s1. The summed E-state index contributed by atoms with van der Waals surface area (Å²) < 4.78 is 31.3. The Morgan fingerprint density at radius 2 is 2.03 bits per heavy atom. The number of ether oxygens (including phenoxy) is 3. The number of fused-ring (bicyclic) bond motifs is 1. The topological polar surface area (TPSA) is 72.0 Å². The number of halogens is 2. The van der Waals surface area contributed by atoms with Gasteiger partial charge in [0.05, 0.1) is 37.0 Å². The SMILES string of the molecule is CCN(CC)C[C@@H]1CN(CCCOc2cc3c(Nc4ccc(F)c(Cl)c4)ncnc3cc2OC)CCO1. The predicted molar refractivity (Wildman–Crippen MR) is 145 cm³/mol. The lowest BCUT2D eigenvalue weighted by Crippen LogP contribution is -2.47. The van der Waals surface area contributed by atoms with Crippen LogP contribution in [0.15, 0.2) is 36.7 Å². The minimum Gasteiger partial charge on any atom is -0.493 e. The number of likely N-dealkylation sites (N-methyl/N-ethyl adjacent to an activating group) is 1. The highest BCUT2D eigenvalue weighted by Crippen LogP contribution is 2.35. The third-order valence-electron chi connectivity index (χ3n) is 6.56. The lowest BCUT2D eigenvalue weighted by Gasteiger charge is -2.35. The van der Waals surface area contributed by atoms with Crippen LogP contribution in [0.5, 0.6) is 11.5 Å². The molecule has 0 radical (unpaired) electrons. The predicted octanol–water partition coefficient (Wildman–Crippen LogP) is 4.99. The van der Waals surface area contributed by atoms with E-state index in [0.717, 1.165) is 57.7 Å². The van der Waals surface area contributed by atoms with Crippen molar-refractivity contribution in [3.05, 3.63) is 47.5 Å². The largest absolute Gasteiger partial charge is 0.493 e. The Kier molecular flexibility index (Phi) is 9.74. The monoisotopic (exact) mass is 531 g/mol. The van der Waals surface area contributed by atoms with Gasteiger partial charge >= 0.3 is 0 Å². The number of morpholine rings is 1. The average Bonchev–Trinajstić information content (AvgIpc) is 2.92. The summed E-state index contributed by atoms with van der Waals surface area (Å²) in [7, 11) is 1.61. The fourth-order valence-electron chi connectivity index (χ4n) is 4.48. The fourth-order valence-corrected chi connectivity index (χ4v) is 4.66. The van der Waals surface area contributed by atoms with Gasteiger partial charge in [0.1, 0.15) is 18.0 Å². The number of methoxy groups -OCH3 is 1. The third kappa shape index (κ3) is 7.19. The third-order valence-corrected chi connectivity index (χ3v) is 6.85. The lowest BCUT2D eigenvalue weighted by molar-refractivity contribution is -0.0430. The van der Waals surface area contributed by atoms with E-state index in [9.17, 15) is 4.39 Å². The van der Waals surface area contributed by atoms with Crippen LogP contribution in [0, 0.1) is 5.82 Å². The van der Waals surface area contributed by atoms with Gasteiger partial charge in [-0.05, 0) is 43.8 Å². The van der Waals surface area contributed by atoms with E-state index in [4.69, 9.17) is 25.8 Å². The minimum absolute atomic E-state index is 0.0358. The highest BCUT2D eigenvalue weighted by molar-refractivity contribution is 6.31. The number of nitrogens with one attached hydrogen (secondary N) is 1. The van der Waals surface area contributed by atoms with Crippen molar-refractivity contribution in [1.29, 1.82) is 0 Å². The summed E-state index contributed by atoms with van der Waals surface area (Å²) in [6.07, 6.45) is 2.59. The highest BCUT2D eigenvalue weighted by atomic mass is 35.5. The Bertz CT molecular complexity index is 1180. The normalized spacial score (nSPS) is 16.3. The van der Waals surface area contributed by atoms with Crippen molar-refractivity contribution in [2.45, 2.75) is 26.4 Å². The summed E-state index contributed by atoms with van der Waals surface area (Å²) in [4.78, 5) is 13.6. The van der Waals surface area contributed by atoms with Crippen molar-refractivity contribution in [1.82, 2.24) is 19.8 Å². The van der Waals surface area contributed by atoms with Crippen LogP contribution >= 0.6 is 11.6 Å². The number of aromatic nitrogens is 2. The zero-order valence-electron chi connectivity index (χ0n) is 21.7. The maximum atomic E-state index is 13.6. The molecule has 2 aromatic carbocycles. The summed E-state index contributed by atoms with van der Waals surface area (Å²) in [6, 6.07) is 8.13. The molecule has 1 fully saturated rings.